The molecule has 2 N–H and O–H groups in total. The van der Waals surface area contributed by atoms with E-state index in [4.69, 9.17) is 0 Å². The van der Waals surface area contributed by atoms with Crippen LogP contribution >= 0.6 is 11.3 Å². The van der Waals surface area contributed by atoms with E-state index in [1.54, 1.807) is 41.9 Å². The zero-order valence-electron chi connectivity index (χ0n) is 17.6. The summed E-state index contributed by atoms with van der Waals surface area (Å²) in [5.74, 6) is -0.531. The predicted octanol–water partition coefficient (Wildman–Crippen LogP) is 3.64. The number of pyridine rings is 1. The molecule has 0 aliphatic heterocycles. The molecule has 0 bridgehead atoms. The fraction of sp³-hybridized carbons (Fsp3) is 0.0870. The molecule has 0 saturated carbocycles. The summed E-state index contributed by atoms with van der Waals surface area (Å²) in [5.41, 5.74) is 2.43. The van der Waals surface area contributed by atoms with Gasteiger partial charge in [0.1, 0.15) is 5.56 Å². The van der Waals surface area contributed by atoms with Gasteiger partial charge in [-0.25, -0.2) is 13.4 Å². The summed E-state index contributed by atoms with van der Waals surface area (Å²) in [4.78, 5) is 29.9. The van der Waals surface area contributed by atoms with Crippen LogP contribution in [-0.2, 0) is 16.6 Å². The SMILES string of the molecule is CS(=O)(=O)Nc1ccc(-c2csc(NC(=O)c3cccn(Cc4ccccc4)c3=O)n2)cc1. The zero-order valence-corrected chi connectivity index (χ0v) is 19.2. The molecule has 0 saturated heterocycles. The number of thiazole rings is 1. The lowest BCUT2D eigenvalue weighted by molar-refractivity contribution is 0.102. The lowest BCUT2D eigenvalue weighted by atomic mass is 10.1. The van der Waals surface area contributed by atoms with Crippen molar-refractivity contribution in [3.05, 3.63) is 99.8 Å². The third kappa shape index (κ3) is 5.73. The number of hydrogen-bond acceptors (Lipinski definition) is 6. The standard InChI is InChI=1S/C23H20N4O4S2/c1-33(30,31)26-18-11-9-17(10-12-18)20-15-32-23(24-20)25-21(28)19-8-5-13-27(22(19)29)14-16-6-3-2-4-7-16/h2-13,15,26H,14H2,1H3,(H,24,25,28). The predicted molar refractivity (Wildman–Crippen MR) is 130 cm³/mol. The molecule has 0 aliphatic carbocycles. The summed E-state index contributed by atoms with van der Waals surface area (Å²) in [6, 6.07) is 19.4. The highest BCUT2D eigenvalue weighted by Gasteiger charge is 2.15. The first-order valence-electron chi connectivity index (χ1n) is 9.87. The molecule has 0 fully saturated rings. The number of hydrogen-bond donors (Lipinski definition) is 2. The van der Waals surface area contributed by atoms with Gasteiger partial charge >= 0.3 is 0 Å². The van der Waals surface area contributed by atoms with Gasteiger partial charge in [-0.2, -0.15) is 0 Å². The van der Waals surface area contributed by atoms with E-state index in [-0.39, 0.29) is 11.1 Å². The van der Waals surface area contributed by atoms with Crippen molar-refractivity contribution in [2.45, 2.75) is 6.54 Å². The summed E-state index contributed by atoms with van der Waals surface area (Å²) >= 11 is 1.23. The van der Waals surface area contributed by atoms with Crippen LogP contribution in [0.2, 0.25) is 0 Å². The Hall–Kier alpha value is -3.76. The molecule has 4 rings (SSSR count). The van der Waals surface area contributed by atoms with E-state index in [1.807, 2.05) is 30.3 Å². The van der Waals surface area contributed by atoms with Crippen molar-refractivity contribution in [2.24, 2.45) is 0 Å². The smallest absolute Gasteiger partial charge is 0.263 e. The third-order valence-corrected chi connectivity index (χ3v) is 6.03. The lowest BCUT2D eigenvalue weighted by Gasteiger charge is -2.08. The van der Waals surface area contributed by atoms with Crippen LogP contribution in [0.5, 0.6) is 0 Å². The van der Waals surface area contributed by atoms with Gasteiger partial charge in [-0.15, -0.1) is 11.3 Å². The van der Waals surface area contributed by atoms with Crippen LogP contribution in [0.1, 0.15) is 15.9 Å². The molecule has 0 atom stereocenters. The largest absolute Gasteiger partial charge is 0.310 e. The fourth-order valence-electron chi connectivity index (χ4n) is 3.17. The average molecular weight is 481 g/mol. The molecule has 0 unspecified atom stereocenters. The van der Waals surface area contributed by atoms with Crippen LogP contribution in [0.15, 0.2) is 83.1 Å². The van der Waals surface area contributed by atoms with E-state index in [0.29, 0.717) is 23.1 Å². The molecule has 8 nitrogen and oxygen atoms in total. The molecule has 4 aromatic rings. The Balaban J connectivity index is 1.48. The number of rotatable bonds is 7. The molecule has 0 spiro atoms. The Morgan fingerprint density at radius 3 is 2.45 bits per heavy atom. The third-order valence-electron chi connectivity index (χ3n) is 4.67. The highest BCUT2D eigenvalue weighted by atomic mass is 32.2. The monoisotopic (exact) mass is 480 g/mol. The Labute approximate surface area is 194 Å². The Bertz CT molecular complexity index is 1440. The van der Waals surface area contributed by atoms with E-state index >= 15 is 0 Å². The molecule has 10 heteroatoms. The fourth-order valence-corrected chi connectivity index (χ4v) is 4.44. The first kappa shape index (κ1) is 22.4. The minimum atomic E-state index is -3.35. The van der Waals surface area contributed by atoms with E-state index in [2.05, 4.69) is 15.0 Å². The van der Waals surface area contributed by atoms with Crippen molar-refractivity contribution in [2.75, 3.05) is 16.3 Å². The normalized spacial score (nSPS) is 11.2. The van der Waals surface area contributed by atoms with Crippen LogP contribution < -0.4 is 15.6 Å². The van der Waals surface area contributed by atoms with E-state index in [1.165, 1.54) is 22.0 Å². The highest BCUT2D eigenvalue weighted by Crippen LogP contribution is 2.26. The molecular formula is C23H20N4O4S2. The number of carbonyl (C=O) groups is 1. The van der Waals surface area contributed by atoms with Crippen molar-refractivity contribution in [1.82, 2.24) is 9.55 Å². The quantitative estimate of drug-likeness (QED) is 0.420. The van der Waals surface area contributed by atoms with E-state index in [9.17, 15) is 18.0 Å². The molecule has 2 aromatic heterocycles. The van der Waals surface area contributed by atoms with E-state index in [0.717, 1.165) is 17.4 Å². The number of aromatic nitrogens is 2. The van der Waals surface area contributed by atoms with Crippen molar-refractivity contribution in [3.8, 4) is 11.3 Å². The number of nitrogens with one attached hydrogen (secondary N) is 2. The molecule has 168 valence electrons. The van der Waals surface area contributed by atoms with Crippen molar-refractivity contribution >= 4 is 38.1 Å². The van der Waals surface area contributed by atoms with Crippen molar-refractivity contribution < 1.29 is 13.2 Å². The minimum Gasteiger partial charge on any atom is -0.310 e. The molecule has 2 aromatic carbocycles. The van der Waals surface area contributed by atoms with Crippen molar-refractivity contribution in [3.63, 3.8) is 0 Å². The van der Waals surface area contributed by atoms with Crippen LogP contribution in [0, 0.1) is 0 Å². The van der Waals surface area contributed by atoms with Crippen LogP contribution in [-0.4, -0.2) is 30.1 Å². The summed E-state index contributed by atoms with van der Waals surface area (Å²) < 4.78 is 26.5. The van der Waals surface area contributed by atoms with Gasteiger partial charge in [-0.05, 0) is 29.8 Å². The second-order valence-electron chi connectivity index (χ2n) is 7.28. The van der Waals surface area contributed by atoms with Crippen molar-refractivity contribution in [1.29, 1.82) is 0 Å². The number of sulfonamides is 1. The zero-order chi connectivity index (χ0) is 23.4. The maximum absolute atomic E-state index is 12.8. The van der Waals surface area contributed by atoms with Crippen LogP contribution in [0.3, 0.4) is 0 Å². The minimum absolute atomic E-state index is 0.0291. The van der Waals surface area contributed by atoms with Gasteiger partial charge in [-0.1, -0.05) is 42.5 Å². The van der Waals surface area contributed by atoms with Crippen LogP contribution in [0.25, 0.3) is 11.3 Å². The summed E-state index contributed by atoms with van der Waals surface area (Å²) in [6.07, 6.45) is 2.73. The lowest BCUT2D eigenvalue weighted by Crippen LogP contribution is -2.29. The van der Waals surface area contributed by atoms with Gasteiger partial charge in [0.15, 0.2) is 5.13 Å². The highest BCUT2D eigenvalue weighted by molar-refractivity contribution is 7.92. The molecule has 33 heavy (non-hydrogen) atoms. The summed E-state index contributed by atoms with van der Waals surface area (Å²) in [7, 11) is -3.35. The number of nitrogens with zero attached hydrogens (tertiary/aromatic N) is 2. The van der Waals surface area contributed by atoms with Gasteiger partial charge in [0.25, 0.3) is 11.5 Å². The maximum atomic E-state index is 12.8. The summed E-state index contributed by atoms with van der Waals surface area (Å²) in [5, 5.41) is 4.81. The first-order chi connectivity index (χ1) is 15.8. The number of anilines is 2. The van der Waals surface area contributed by atoms with Crippen LogP contribution in [0.4, 0.5) is 10.8 Å². The number of amides is 1. The number of benzene rings is 2. The number of carbonyl (C=O) groups excluding carboxylic acids is 1. The van der Waals surface area contributed by atoms with Gasteiger partial charge in [0.05, 0.1) is 18.5 Å². The van der Waals surface area contributed by atoms with E-state index < -0.39 is 15.9 Å². The van der Waals surface area contributed by atoms with Gasteiger partial charge in [0.2, 0.25) is 10.0 Å². The second-order valence-corrected chi connectivity index (χ2v) is 9.89. The van der Waals surface area contributed by atoms with Gasteiger partial charge in [-0.3, -0.25) is 19.6 Å². The molecule has 0 radical (unpaired) electrons. The molecule has 2 heterocycles. The summed E-state index contributed by atoms with van der Waals surface area (Å²) in [6.45, 7) is 0.367. The van der Waals surface area contributed by atoms with Gasteiger partial charge < -0.3 is 4.57 Å². The van der Waals surface area contributed by atoms with Gasteiger partial charge in [0, 0.05) is 22.8 Å². The molecule has 0 aliphatic rings. The second kappa shape index (κ2) is 9.39. The Morgan fingerprint density at radius 2 is 1.76 bits per heavy atom. The molecule has 1 amide bonds. The topological polar surface area (TPSA) is 110 Å². The first-order valence-corrected chi connectivity index (χ1v) is 12.6. The Morgan fingerprint density at radius 1 is 1.03 bits per heavy atom. The molecular weight excluding hydrogens is 460 g/mol. The Kier molecular flexibility index (Phi) is 6.38. The average Bonchev–Trinajstić information content (AvgIpc) is 3.24. The maximum Gasteiger partial charge on any atom is 0.263 e.